The number of ether oxygens (including phenoxy) is 2. The Morgan fingerprint density at radius 3 is 3.31 bits per heavy atom. The van der Waals surface area contributed by atoms with Gasteiger partial charge in [0.25, 0.3) is 0 Å². The van der Waals surface area contributed by atoms with Crippen LogP contribution in [0.2, 0.25) is 0 Å². The predicted molar refractivity (Wildman–Crippen MR) is 57.8 cm³/mol. The fraction of sp³-hybridized carbons (Fsp3) is 0.727. The number of hydrogen-bond donors (Lipinski definition) is 1. The Morgan fingerprint density at radius 1 is 1.62 bits per heavy atom. The Balaban J connectivity index is 1.67. The maximum Gasteiger partial charge on any atom is 0.162 e. The van der Waals surface area contributed by atoms with Gasteiger partial charge in [-0.05, 0) is 13.5 Å². The van der Waals surface area contributed by atoms with E-state index in [1.165, 1.54) is 0 Å². The molecule has 0 bridgehead atoms. The fourth-order valence-electron chi connectivity index (χ4n) is 1.73. The van der Waals surface area contributed by atoms with Gasteiger partial charge in [0.15, 0.2) is 5.76 Å². The number of hydrogen-bond acceptors (Lipinski definition) is 5. The Hall–Kier alpha value is -0.910. The average molecular weight is 226 g/mol. The lowest BCUT2D eigenvalue weighted by molar-refractivity contribution is 0.0659. The van der Waals surface area contributed by atoms with Crippen molar-refractivity contribution in [1.82, 2.24) is 10.5 Å². The van der Waals surface area contributed by atoms with Crippen LogP contribution in [0.25, 0.3) is 0 Å². The average Bonchev–Trinajstić information content (AvgIpc) is 2.90. The summed E-state index contributed by atoms with van der Waals surface area (Å²) < 4.78 is 16.0. The highest BCUT2D eigenvalue weighted by Crippen LogP contribution is 2.13. The molecule has 5 heteroatoms. The molecule has 1 unspecified atom stereocenters. The Bertz CT molecular complexity index is 308. The van der Waals surface area contributed by atoms with E-state index in [1.807, 2.05) is 13.1 Å². The van der Waals surface area contributed by atoms with Crippen LogP contribution in [0.5, 0.6) is 0 Å². The van der Waals surface area contributed by atoms with E-state index in [0.717, 1.165) is 44.2 Å². The van der Waals surface area contributed by atoms with Crippen LogP contribution >= 0.6 is 0 Å². The molecule has 2 rings (SSSR count). The molecule has 1 saturated heterocycles. The van der Waals surface area contributed by atoms with E-state index >= 15 is 0 Å². The first kappa shape index (κ1) is 11.6. The van der Waals surface area contributed by atoms with E-state index in [-0.39, 0.29) is 0 Å². The topological polar surface area (TPSA) is 56.5 Å². The second-order valence-corrected chi connectivity index (χ2v) is 4.06. The lowest BCUT2D eigenvalue weighted by Gasteiger charge is -2.06. The van der Waals surface area contributed by atoms with Gasteiger partial charge in [-0.1, -0.05) is 5.16 Å². The van der Waals surface area contributed by atoms with E-state index in [4.69, 9.17) is 14.0 Å². The molecule has 1 N–H and O–H groups in total. The van der Waals surface area contributed by atoms with E-state index in [0.29, 0.717) is 12.5 Å². The van der Waals surface area contributed by atoms with Crippen LogP contribution < -0.4 is 5.32 Å². The lowest BCUT2D eigenvalue weighted by Crippen LogP contribution is -2.08. The summed E-state index contributed by atoms with van der Waals surface area (Å²) in [5.74, 6) is 1.32. The van der Waals surface area contributed by atoms with Gasteiger partial charge in [0.1, 0.15) is 6.61 Å². The zero-order chi connectivity index (χ0) is 11.2. The highest BCUT2D eigenvalue weighted by atomic mass is 16.5. The summed E-state index contributed by atoms with van der Waals surface area (Å²) in [6, 6.07) is 1.92. The highest BCUT2D eigenvalue weighted by Gasteiger charge is 2.15. The van der Waals surface area contributed by atoms with Gasteiger partial charge in [-0.3, -0.25) is 0 Å². The van der Waals surface area contributed by atoms with Crippen molar-refractivity contribution in [2.45, 2.75) is 19.6 Å². The predicted octanol–water partition coefficient (Wildman–Crippen LogP) is 0.947. The van der Waals surface area contributed by atoms with Crippen molar-refractivity contribution in [2.24, 2.45) is 5.92 Å². The summed E-state index contributed by atoms with van der Waals surface area (Å²) in [6.45, 7) is 3.64. The molecule has 1 fully saturated rings. The molecule has 1 aromatic heterocycles. The van der Waals surface area contributed by atoms with Crippen LogP contribution in [-0.2, 0) is 22.6 Å². The highest BCUT2D eigenvalue weighted by molar-refractivity contribution is 5.03. The molecule has 0 aliphatic carbocycles. The quantitative estimate of drug-likeness (QED) is 0.782. The van der Waals surface area contributed by atoms with Crippen LogP contribution in [0, 0.1) is 5.92 Å². The van der Waals surface area contributed by atoms with Crippen molar-refractivity contribution in [3.63, 3.8) is 0 Å². The first-order valence-electron chi connectivity index (χ1n) is 5.63. The van der Waals surface area contributed by atoms with Crippen molar-refractivity contribution >= 4 is 0 Å². The number of nitrogens with zero attached hydrogens (tertiary/aromatic N) is 1. The van der Waals surface area contributed by atoms with E-state index in [2.05, 4.69) is 10.5 Å². The van der Waals surface area contributed by atoms with Crippen LogP contribution in [-0.4, -0.2) is 32.0 Å². The summed E-state index contributed by atoms with van der Waals surface area (Å²) in [5.41, 5.74) is 0.908. The molecule has 16 heavy (non-hydrogen) atoms. The third kappa shape index (κ3) is 3.30. The minimum Gasteiger partial charge on any atom is -0.381 e. The van der Waals surface area contributed by atoms with Crippen LogP contribution in [0.1, 0.15) is 17.9 Å². The zero-order valence-corrected chi connectivity index (χ0v) is 9.57. The number of aromatic nitrogens is 1. The van der Waals surface area contributed by atoms with Crippen molar-refractivity contribution in [3.05, 3.63) is 17.5 Å². The molecular weight excluding hydrogens is 208 g/mol. The first-order valence-corrected chi connectivity index (χ1v) is 5.63. The molecule has 0 saturated carbocycles. The first-order chi connectivity index (χ1) is 7.88. The smallest absolute Gasteiger partial charge is 0.162 e. The molecule has 5 nitrogen and oxygen atoms in total. The molecule has 0 radical (unpaired) electrons. The monoisotopic (exact) mass is 226 g/mol. The lowest BCUT2D eigenvalue weighted by atomic mass is 10.1. The van der Waals surface area contributed by atoms with Crippen LogP contribution in [0.3, 0.4) is 0 Å². The van der Waals surface area contributed by atoms with Crippen molar-refractivity contribution in [2.75, 3.05) is 26.9 Å². The summed E-state index contributed by atoms with van der Waals surface area (Å²) in [5, 5.41) is 6.93. The second-order valence-electron chi connectivity index (χ2n) is 4.06. The summed E-state index contributed by atoms with van der Waals surface area (Å²) >= 11 is 0. The largest absolute Gasteiger partial charge is 0.381 e. The third-order valence-electron chi connectivity index (χ3n) is 2.59. The van der Waals surface area contributed by atoms with Gasteiger partial charge in [-0.15, -0.1) is 0 Å². The fourth-order valence-corrected chi connectivity index (χ4v) is 1.73. The SMILES string of the molecule is CNCc1cc(COCC2CCOC2)on1. The van der Waals surface area contributed by atoms with Gasteiger partial charge < -0.3 is 19.3 Å². The van der Waals surface area contributed by atoms with Crippen molar-refractivity contribution < 1.29 is 14.0 Å². The second kappa shape index (κ2) is 5.98. The maximum absolute atomic E-state index is 5.56. The van der Waals surface area contributed by atoms with E-state index in [9.17, 15) is 0 Å². The van der Waals surface area contributed by atoms with Gasteiger partial charge >= 0.3 is 0 Å². The molecule has 1 atom stereocenters. The molecule has 0 amide bonds. The van der Waals surface area contributed by atoms with Crippen LogP contribution in [0.15, 0.2) is 10.6 Å². The Morgan fingerprint density at radius 2 is 2.56 bits per heavy atom. The number of rotatable bonds is 6. The maximum atomic E-state index is 5.56. The molecule has 2 heterocycles. The molecule has 0 spiro atoms. The van der Waals surface area contributed by atoms with Crippen LogP contribution in [0.4, 0.5) is 0 Å². The van der Waals surface area contributed by atoms with Crippen molar-refractivity contribution in [3.8, 4) is 0 Å². The van der Waals surface area contributed by atoms with Crippen molar-refractivity contribution in [1.29, 1.82) is 0 Å². The molecule has 1 aliphatic heterocycles. The Labute approximate surface area is 95.1 Å². The molecule has 90 valence electrons. The molecular formula is C11H18N2O3. The summed E-state index contributed by atoms with van der Waals surface area (Å²) in [7, 11) is 1.88. The van der Waals surface area contributed by atoms with Gasteiger partial charge in [0.05, 0.1) is 18.9 Å². The zero-order valence-electron chi connectivity index (χ0n) is 9.57. The normalized spacial score (nSPS) is 20.4. The molecule has 0 aromatic carbocycles. The van der Waals surface area contributed by atoms with E-state index < -0.39 is 0 Å². The standard InChI is InChI=1S/C11H18N2O3/c1-12-5-10-4-11(16-13-10)8-15-7-9-2-3-14-6-9/h4,9,12H,2-3,5-8H2,1H3. The van der Waals surface area contributed by atoms with Gasteiger partial charge in [0, 0.05) is 25.1 Å². The van der Waals surface area contributed by atoms with E-state index in [1.54, 1.807) is 0 Å². The van der Waals surface area contributed by atoms with Gasteiger partial charge in [0.2, 0.25) is 0 Å². The van der Waals surface area contributed by atoms with Gasteiger partial charge in [-0.25, -0.2) is 0 Å². The molecule has 1 aromatic rings. The van der Waals surface area contributed by atoms with Gasteiger partial charge in [-0.2, -0.15) is 0 Å². The molecule has 1 aliphatic rings. The minimum absolute atomic E-state index is 0.493. The summed E-state index contributed by atoms with van der Waals surface area (Å²) in [4.78, 5) is 0. The number of nitrogens with one attached hydrogen (secondary N) is 1. The summed E-state index contributed by atoms with van der Waals surface area (Å²) in [6.07, 6.45) is 1.10. The Kier molecular flexibility index (Phi) is 4.33. The third-order valence-corrected chi connectivity index (χ3v) is 2.59. The minimum atomic E-state index is 0.493.